The first-order chi connectivity index (χ1) is 23.6. The van der Waals surface area contributed by atoms with Gasteiger partial charge in [0, 0.05) is 13.0 Å². The molecule has 0 heterocycles. The van der Waals surface area contributed by atoms with Crippen LogP contribution in [0, 0.1) is 0 Å². The summed E-state index contributed by atoms with van der Waals surface area (Å²) >= 11 is 0. The minimum atomic E-state index is -0.0424. The average Bonchev–Trinajstić information content (AvgIpc) is 3.07. The Morgan fingerprint density at radius 2 is 0.854 bits per heavy atom. The fraction of sp³-hybridized carbons (Fsp3) is 0.795. The van der Waals surface area contributed by atoms with Crippen LogP contribution in [0.4, 0.5) is 0 Å². The molecule has 0 unspecified atom stereocenters. The molecule has 0 aliphatic rings. The van der Waals surface area contributed by atoms with Gasteiger partial charge >= 0.3 is 5.97 Å². The van der Waals surface area contributed by atoms with E-state index in [9.17, 15) is 4.79 Å². The maximum Gasteiger partial charge on any atom is 0.305 e. The third-order valence-corrected chi connectivity index (χ3v) is 9.01. The zero-order valence-corrected chi connectivity index (χ0v) is 32.8. The van der Waals surface area contributed by atoms with Gasteiger partial charge in [0.2, 0.25) is 0 Å². The fourth-order valence-corrected chi connectivity index (χ4v) is 5.88. The molecule has 0 aromatic carbocycles. The molecule has 0 bridgehead atoms. The second-order valence-electron chi connectivity index (χ2n) is 14.1. The zero-order chi connectivity index (χ0) is 35.0. The third kappa shape index (κ3) is 38.8. The quantitative estimate of drug-likeness (QED) is 0.0374. The Bertz CT molecular complexity index is 722. The van der Waals surface area contributed by atoms with Gasteiger partial charge in [-0.1, -0.05) is 140 Å². The summed E-state index contributed by atoms with van der Waals surface area (Å²) in [6.07, 6.45) is 51.0. The van der Waals surface area contributed by atoms with E-state index in [1.807, 2.05) is 14.1 Å². The van der Waals surface area contributed by atoms with Crippen LogP contribution in [-0.2, 0) is 9.53 Å². The Kier molecular flexibility index (Phi) is 38.4. The van der Waals surface area contributed by atoms with Crippen molar-refractivity contribution < 1.29 is 9.53 Å². The molecule has 48 heavy (non-hydrogen) atoms. The summed E-state index contributed by atoms with van der Waals surface area (Å²) in [5, 5.41) is 0. The highest BCUT2D eigenvalue weighted by molar-refractivity contribution is 5.69. The van der Waals surface area contributed by atoms with Crippen molar-refractivity contribution in [1.82, 2.24) is 9.80 Å². The maximum absolute atomic E-state index is 12.2. The molecule has 0 amide bonds. The summed E-state index contributed by atoms with van der Waals surface area (Å²) in [6.45, 7) is 9.13. The SMILES string of the molecule is CCCCCC=CCC=CCCCCCCCCN(CCCCCCCCC=CCC=CCCCCC)CCOC(=O)CCCN(C)C. The minimum absolute atomic E-state index is 0.0424. The Morgan fingerprint density at radius 3 is 1.27 bits per heavy atom. The molecule has 280 valence electrons. The second-order valence-corrected chi connectivity index (χ2v) is 14.1. The van der Waals surface area contributed by atoms with Gasteiger partial charge in [0.15, 0.2) is 0 Å². The molecule has 0 saturated carbocycles. The predicted molar refractivity (Wildman–Crippen MR) is 214 cm³/mol. The number of nitrogens with zero attached hydrogens (tertiary/aromatic N) is 2. The van der Waals surface area contributed by atoms with E-state index in [0.717, 1.165) is 45.4 Å². The van der Waals surface area contributed by atoms with Gasteiger partial charge in [0.1, 0.15) is 6.61 Å². The molecule has 0 aliphatic heterocycles. The summed E-state index contributed by atoms with van der Waals surface area (Å²) in [6, 6.07) is 0. The van der Waals surface area contributed by atoms with Gasteiger partial charge in [0.25, 0.3) is 0 Å². The zero-order valence-electron chi connectivity index (χ0n) is 32.8. The van der Waals surface area contributed by atoms with Crippen LogP contribution in [-0.4, -0.2) is 62.7 Å². The van der Waals surface area contributed by atoms with Crippen molar-refractivity contribution in [3.05, 3.63) is 48.6 Å². The van der Waals surface area contributed by atoms with Gasteiger partial charge in [-0.3, -0.25) is 9.69 Å². The largest absolute Gasteiger partial charge is 0.464 e. The molecular formula is C44H82N2O2. The normalized spacial score (nSPS) is 12.4. The molecule has 0 aliphatic carbocycles. The van der Waals surface area contributed by atoms with Gasteiger partial charge < -0.3 is 9.64 Å². The lowest BCUT2D eigenvalue weighted by Gasteiger charge is -2.22. The van der Waals surface area contributed by atoms with Crippen LogP contribution in [0.1, 0.15) is 181 Å². The first-order valence-electron chi connectivity index (χ1n) is 20.7. The van der Waals surface area contributed by atoms with E-state index in [4.69, 9.17) is 4.74 Å². The van der Waals surface area contributed by atoms with Crippen molar-refractivity contribution in [3.63, 3.8) is 0 Å². The molecule has 4 nitrogen and oxygen atoms in total. The fourth-order valence-electron chi connectivity index (χ4n) is 5.88. The Balaban J connectivity index is 4.07. The first-order valence-corrected chi connectivity index (χ1v) is 20.7. The molecular weight excluding hydrogens is 588 g/mol. The maximum atomic E-state index is 12.2. The molecule has 0 radical (unpaired) electrons. The number of allylic oxidation sites excluding steroid dienone is 8. The van der Waals surface area contributed by atoms with Crippen molar-refractivity contribution in [2.75, 3.05) is 46.9 Å². The van der Waals surface area contributed by atoms with Crippen LogP contribution in [0.3, 0.4) is 0 Å². The second kappa shape index (κ2) is 39.8. The number of carbonyl (C=O) groups excluding carboxylic acids is 1. The topological polar surface area (TPSA) is 32.8 Å². The minimum Gasteiger partial charge on any atom is -0.464 e. The summed E-state index contributed by atoms with van der Waals surface area (Å²) in [5.41, 5.74) is 0. The van der Waals surface area contributed by atoms with Crippen molar-refractivity contribution in [1.29, 1.82) is 0 Å². The van der Waals surface area contributed by atoms with Crippen molar-refractivity contribution in [2.24, 2.45) is 0 Å². The lowest BCUT2D eigenvalue weighted by molar-refractivity contribution is -0.144. The van der Waals surface area contributed by atoms with Crippen LogP contribution < -0.4 is 0 Å². The third-order valence-electron chi connectivity index (χ3n) is 9.01. The number of esters is 1. The Morgan fingerprint density at radius 1 is 0.458 bits per heavy atom. The number of carbonyl (C=O) groups is 1. The van der Waals surface area contributed by atoms with Crippen molar-refractivity contribution in [2.45, 2.75) is 181 Å². The number of hydrogen-bond donors (Lipinski definition) is 0. The van der Waals surface area contributed by atoms with Gasteiger partial charge in [-0.2, -0.15) is 0 Å². The Hall–Kier alpha value is -1.65. The van der Waals surface area contributed by atoms with E-state index < -0.39 is 0 Å². The van der Waals surface area contributed by atoms with Crippen LogP contribution in [0.15, 0.2) is 48.6 Å². The number of hydrogen-bond acceptors (Lipinski definition) is 4. The van der Waals surface area contributed by atoms with E-state index in [1.54, 1.807) is 0 Å². The summed E-state index contributed by atoms with van der Waals surface area (Å²) in [4.78, 5) is 16.8. The standard InChI is InChI=1S/C44H82N2O2/c1-5-7-9-11-13-15-17-19-21-23-25-27-29-31-33-35-40-46(42-43-48-44(47)38-37-39-45(3)4)41-36-34-32-30-28-26-24-22-20-18-16-14-12-10-8-6-2/h13-16,19-22H,5-12,17-18,23-43H2,1-4H3. The number of ether oxygens (including phenoxy) is 1. The number of unbranched alkanes of at least 4 members (excludes halogenated alkanes) is 18. The van der Waals surface area contributed by atoms with Crippen LogP contribution in [0.25, 0.3) is 0 Å². The molecule has 0 fully saturated rings. The van der Waals surface area contributed by atoms with Crippen LogP contribution in [0.2, 0.25) is 0 Å². The summed E-state index contributed by atoms with van der Waals surface area (Å²) in [7, 11) is 4.09. The molecule has 0 aromatic heterocycles. The smallest absolute Gasteiger partial charge is 0.305 e. The lowest BCUT2D eigenvalue weighted by Crippen LogP contribution is -2.30. The van der Waals surface area contributed by atoms with Crippen molar-refractivity contribution >= 4 is 5.97 Å². The first kappa shape index (κ1) is 46.4. The number of rotatable bonds is 37. The monoisotopic (exact) mass is 671 g/mol. The van der Waals surface area contributed by atoms with E-state index in [1.165, 1.54) is 141 Å². The van der Waals surface area contributed by atoms with Crippen molar-refractivity contribution in [3.8, 4) is 0 Å². The molecule has 0 N–H and O–H groups in total. The highest BCUT2D eigenvalue weighted by atomic mass is 16.5. The highest BCUT2D eigenvalue weighted by Crippen LogP contribution is 2.12. The van der Waals surface area contributed by atoms with Crippen LogP contribution in [0.5, 0.6) is 0 Å². The highest BCUT2D eigenvalue weighted by Gasteiger charge is 2.08. The Labute approximate surface area is 300 Å². The summed E-state index contributed by atoms with van der Waals surface area (Å²) in [5.74, 6) is -0.0424. The summed E-state index contributed by atoms with van der Waals surface area (Å²) < 4.78 is 5.60. The molecule has 4 heteroatoms. The van der Waals surface area contributed by atoms with Gasteiger partial charge in [0.05, 0.1) is 0 Å². The van der Waals surface area contributed by atoms with Crippen LogP contribution >= 0.6 is 0 Å². The van der Waals surface area contributed by atoms with Gasteiger partial charge in [-0.15, -0.1) is 0 Å². The van der Waals surface area contributed by atoms with E-state index in [-0.39, 0.29) is 5.97 Å². The van der Waals surface area contributed by atoms with Gasteiger partial charge in [-0.05, 0) is 117 Å². The van der Waals surface area contributed by atoms with E-state index in [2.05, 4.69) is 72.3 Å². The van der Waals surface area contributed by atoms with E-state index in [0.29, 0.717) is 13.0 Å². The molecule has 0 rings (SSSR count). The molecule has 0 spiro atoms. The van der Waals surface area contributed by atoms with E-state index >= 15 is 0 Å². The predicted octanol–water partition coefficient (Wildman–Crippen LogP) is 12.8. The lowest BCUT2D eigenvalue weighted by atomic mass is 10.1. The molecule has 0 saturated heterocycles. The molecule has 0 atom stereocenters. The average molecular weight is 671 g/mol. The molecule has 0 aromatic rings. The van der Waals surface area contributed by atoms with Gasteiger partial charge in [-0.25, -0.2) is 0 Å².